The van der Waals surface area contributed by atoms with Crippen LogP contribution in [-0.2, 0) is 13.0 Å². The van der Waals surface area contributed by atoms with Gasteiger partial charge >= 0.3 is 6.03 Å². The van der Waals surface area contributed by atoms with Gasteiger partial charge in [-0.05, 0) is 38.1 Å². The summed E-state index contributed by atoms with van der Waals surface area (Å²) in [5, 5.41) is 6.99. The first-order valence-electron chi connectivity index (χ1n) is 7.86. The summed E-state index contributed by atoms with van der Waals surface area (Å²) in [5.74, 6) is -0.446. The number of aryl methyl sites for hydroxylation is 2. The smallest absolute Gasteiger partial charge is 0.303 e. The van der Waals surface area contributed by atoms with Crippen LogP contribution in [0.15, 0.2) is 18.2 Å². The fourth-order valence-corrected chi connectivity index (χ4v) is 2.98. The summed E-state index contributed by atoms with van der Waals surface area (Å²) in [4.78, 5) is 14.8. The lowest BCUT2D eigenvalue weighted by Gasteiger charge is -2.25. The van der Waals surface area contributed by atoms with E-state index in [9.17, 15) is 9.18 Å². The number of carbonyl (C=O) groups excluding carboxylic acids is 1. The summed E-state index contributed by atoms with van der Waals surface area (Å²) in [6.07, 6.45) is 0.772. The van der Waals surface area contributed by atoms with Gasteiger partial charge in [0.05, 0.1) is 17.1 Å². The zero-order valence-corrected chi connectivity index (χ0v) is 13.7. The van der Waals surface area contributed by atoms with E-state index in [1.165, 1.54) is 10.7 Å². The maximum atomic E-state index is 13.8. The van der Waals surface area contributed by atoms with E-state index < -0.39 is 11.8 Å². The Morgan fingerprint density at radius 2 is 2.17 bits per heavy atom. The molecule has 0 saturated heterocycles. The van der Waals surface area contributed by atoms with Crippen molar-refractivity contribution in [3.63, 3.8) is 0 Å². The molecule has 2 aromatic rings. The lowest BCUT2D eigenvalue weighted by Crippen LogP contribution is -2.32. The summed E-state index contributed by atoms with van der Waals surface area (Å²) in [7, 11) is 0. The van der Waals surface area contributed by atoms with Crippen molar-refractivity contribution in [2.75, 3.05) is 18.4 Å². The van der Waals surface area contributed by atoms with Gasteiger partial charge in [0.1, 0.15) is 5.82 Å². The van der Waals surface area contributed by atoms with Gasteiger partial charge in [0.2, 0.25) is 0 Å². The lowest BCUT2D eigenvalue weighted by molar-refractivity contribution is 0.245. The molecule has 0 fully saturated rings. The first-order valence-corrected chi connectivity index (χ1v) is 7.86. The number of halogens is 1. The fraction of sp³-hybridized carbons (Fsp3) is 0.412. The molecule has 23 heavy (non-hydrogen) atoms. The van der Waals surface area contributed by atoms with Gasteiger partial charge in [-0.1, -0.05) is 13.0 Å². The van der Waals surface area contributed by atoms with Crippen molar-refractivity contribution in [2.45, 2.75) is 33.7 Å². The van der Waals surface area contributed by atoms with E-state index in [2.05, 4.69) is 22.2 Å². The minimum atomic E-state index is -0.446. The molecule has 0 aliphatic carbocycles. The van der Waals surface area contributed by atoms with Crippen molar-refractivity contribution in [3.05, 3.63) is 46.5 Å². The normalized spacial score (nSPS) is 14.6. The molecule has 2 heterocycles. The van der Waals surface area contributed by atoms with E-state index in [0.29, 0.717) is 0 Å². The fourth-order valence-electron chi connectivity index (χ4n) is 2.98. The van der Waals surface area contributed by atoms with Crippen LogP contribution in [0.5, 0.6) is 0 Å². The molecule has 0 spiro atoms. The third kappa shape index (κ3) is 2.99. The highest BCUT2D eigenvalue weighted by atomic mass is 19.1. The van der Waals surface area contributed by atoms with E-state index in [-0.39, 0.29) is 5.69 Å². The second-order valence-corrected chi connectivity index (χ2v) is 5.95. The number of nitrogens with zero attached hydrogens (tertiary/aromatic N) is 3. The average Bonchev–Trinajstić information content (AvgIpc) is 2.87. The van der Waals surface area contributed by atoms with E-state index in [0.717, 1.165) is 48.6 Å². The summed E-state index contributed by atoms with van der Waals surface area (Å²) in [6, 6.07) is 4.23. The minimum absolute atomic E-state index is 0.183. The number of fused-ring (bicyclic) bond motifs is 1. The summed E-state index contributed by atoms with van der Waals surface area (Å²) in [6.45, 7) is 8.58. The quantitative estimate of drug-likeness (QED) is 0.926. The molecular weight excluding hydrogens is 295 g/mol. The highest BCUT2D eigenvalue weighted by molar-refractivity contribution is 5.91. The van der Waals surface area contributed by atoms with Gasteiger partial charge in [0, 0.05) is 25.1 Å². The third-order valence-electron chi connectivity index (χ3n) is 4.34. The molecule has 1 aromatic carbocycles. The molecule has 0 radical (unpaired) electrons. The molecule has 5 nitrogen and oxygen atoms in total. The Balaban J connectivity index is 1.88. The van der Waals surface area contributed by atoms with E-state index >= 15 is 0 Å². The van der Waals surface area contributed by atoms with Crippen molar-refractivity contribution in [3.8, 4) is 0 Å². The number of benzene rings is 1. The van der Waals surface area contributed by atoms with Crippen molar-refractivity contribution in [2.24, 2.45) is 0 Å². The third-order valence-corrected chi connectivity index (χ3v) is 4.34. The largest absolute Gasteiger partial charge is 0.346 e. The van der Waals surface area contributed by atoms with Gasteiger partial charge in [0.15, 0.2) is 0 Å². The summed E-state index contributed by atoms with van der Waals surface area (Å²) >= 11 is 0. The summed E-state index contributed by atoms with van der Waals surface area (Å²) < 4.78 is 15.2. The zero-order valence-electron chi connectivity index (χ0n) is 13.7. The Bertz CT molecular complexity index is 753. The van der Waals surface area contributed by atoms with Crippen LogP contribution >= 0.6 is 0 Å². The van der Waals surface area contributed by atoms with Crippen LogP contribution in [0.1, 0.15) is 29.4 Å². The molecule has 0 unspecified atom stereocenters. The number of hydrogen-bond acceptors (Lipinski definition) is 3. The number of carbonyl (C=O) groups is 1. The van der Waals surface area contributed by atoms with E-state index in [1.807, 2.05) is 13.8 Å². The molecule has 1 amide bonds. The van der Waals surface area contributed by atoms with Gasteiger partial charge < -0.3 is 5.32 Å². The number of aromatic nitrogens is 2. The number of nitrogens with one attached hydrogen (secondary N) is 1. The lowest BCUT2D eigenvalue weighted by atomic mass is 10.1. The second kappa shape index (κ2) is 6.12. The molecule has 0 atom stereocenters. The molecule has 3 rings (SSSR count). The molecule has 1 aliphatic heterocycles. The average molecular weight is 316 g/mol. The highest BCUT2D eigenvalue weighted by Gasteiger charge is 2.25. The molecule has 1 N–H and O–H groups in total. The Morgan fingerprint density at radius 1 is 1.39 bits per heavy atom. The standard InChI is InChI=1S/C17H21FN4O/c1-4-21-8-7-16-13(10-21)12(3)20-22(16)17(23)19-15-9-11(2)5-6-14(15)18/h5-6,9H,4,7-8,10H2,1-3H3,(H,19,23). The first-order chi connectivity index (χ1) is 11.0. The van der Waals surface area contributed by atoms with Gasteiger partial charge in [-0.2, -0.15) is 9.78 Å². The molecule has 0 bridgehead atoms. The van der Waals surface area contributed by atoms with Gasteiger partial charge in [-0.25, -0.2) is 9.18 Å². The monoisotopic (exact) mass is 316 g/mol. The minimum Gasteiger partial charge on any atom is -0.303 e. The van der Waals surface area contributed by atoms with Crippen LogP contribution in [0, 0.1) is 19.7 Å². The number of rotatable bonds is 2. The number of likely N-dealkylation sites (N-methyl/N-ethyl adjacent to an activating group) is 1. The van der Waals surface area contributed by atoms with Gasteiger partial charge in [-0.3, -0.25) is 4.90 Å². The molecule has 0 saturated carbocycles. The van der Waals surface area contributed by atoms with Crippen LogP contribution < -0.4 is 5.32 Å². The number of hydrogen-bond donors (Lipinski definition) is 1. The van der Waals surface area contributed by atoms with Crippen LogP contribution in [0.4, 0.5) is 14.9 Å². The number of anilines is 1. The molecule has 122 valence electrons. The SMILES string of the molecule is CCN1CCc2c(c(C)nn2C(=O)Nc2cc(C)ccc2F)C1. The number of amides is 1. The predicted octanol–water partition coefficient (Wildman–Crippen LogP) is 3.10. The molecule has 1 aliphatic rings. The Morgan fingerprint density at radius 3 is 2.91 bits per heavy atom. The maximum Gasteiger partial charge on any atom is 0.346 e. The zero-order chi connectivity index (χ0) is 16.6. The van der Waals surface area contributed by atoms with Gasteiger partial charge in [-0.15, -0.1) is 0 Å². The van der Waals surface area contributed by atoms with Crippen LogP contribution in [0.25, 0.3) is 0 Å². The predicted molar refractivity (Wildman–Crippen MR) is 87.2 cm³/mol. The highest BCUT2D eigenvalue weighted by Crippen LogP contribution is 2.23. The van der Waals surface area contributed by atoms with Crippen LogP contribution in [-0.4, -0.2) is 33.8 Å². The second-order valence-electron chi connectivity index (χ2n) is 5.95. The Hall–Kier alpha value is -2.21. The molecular formula is C17H21FN4O. The van der Waals surface area contributed by atoms with Crippen LogP contribution in [0.2, 0.25) is 0 Å². The van der Waals surface area contributed by atoms with E-state index in [1.54, 1.807) is 12.1 Å². The molecule has 1 aromatic heterocycles. The van der Waals surface area contributed by atoms with Gasteiger partial charge in [0.25, 0.3) is 0 Å². The van der Waals surface area contributed by atoms with Crippen molar-refractivity contribution in [1.82, 2.24) is 14.7 Å². The Labute approximate surface area is 135 Å². The van der Waals surface area contributed by atoms with Crippen molar-refractivity contribution < 1.29 is 9.18 Å². The van der Waals surface area contributed by atoms with Crippen LogP contribution in [0.3, 0.4) is 0 Å². The Kier molecular flexibility index (Phi) is 4.17. The maximum absolute atomic E-state index is 13.8. The van der Waals surface area contributed by atoms with Crippen molar-refractivity contribution in [1.29, 1.82) is 0 Å². The topological polar surface area (TPSA) is 50.2 Å². The van der Waals surface area contributed by atoms with E-state index in [4.69, 9.17) is 0 Å². The van der Waals surface area contributed by atoms with Crippen molar-refractivity contribution >= 4 is 11.7 Å². The first kappa shape index (κ1) is 15.7. The molecule has 6 heteroatoms. The summed E-state index contributed by atoms with van der Waals surface area (Å²) in [5.41, 5.74) is 3.97.